The highest BCUT2D eigenvalue weighted by molar-refractivity contribution is 7.00. The van der Waals surface area contributed by atoms with E-state index in [2.05, 4.69) is 46.0 Å². The molecule has 0 N–H and O–H groups in total. The fraction of sp³-hybridized carbons (Fsp3) is 0.222. The van der Waals surface area contributed by atoms with E-state index in [0.717, 1.165) is 28.8 Å². The molecular weight excluding hydrogens is 328 g/mol. The Balaban J connectivity index is 1.85. The average molecular weight is 345 g/mol. The summed E-state index contributed by atoms with van der Waals surface area (Å²) in [6.07, 6.45) is 3.15. The molecule has 23 heavy (non-hydrogen) atoms. The second-order valence-corrected chi connectivity index (χ2v) is 6.00. The lowest BCUT2D eigenvalue weighted by Crippen LogP contribution is -1.97. The van der Waals surface area contributed by atoms with Gasteiger partial charge in [0.25, 0.3) is 0 Å². The van der Waals surface area contributed by atoms with Crippen LogP contribution in [-0.4, -0.2) is 21.2 Å². The summed E-state index contributed by atoms with van der Waals surface area (Å²) in [5.41, 5.74) is 5.52. The summed E-state index contributed by atoms with van der Waals surface area (Å²) < 4.78 is 14.1. The first-order valence-corrected chi connectivity index (χ1v) is 8.78. The molecule has 0 aliphatic rings. The Labute approximate surface area is 144 Å². The predicted octanol–water partition coefficient (Wildman–Crippen LogP) is 5.26. The van der Waals surface area contributed by atoms with E-state index in [1.54, 1.807) is 0 Å². The van der Waals surface area contributed by atoms with E-state index in [1.807, 2.05) is 18.2 Å². The van der Waals surface area contributed by atoms with Gasteiger partial charge in [0.05, 0.1) is 17.6 Å². The normalized spacial score (nSPS) is 11.8. The van der Waals surface area contributed by atoms with E-state index in [1.165, 1.54) is 22.9 Å². The number of nitrogens with zero attached hydrogens (tertiary/aromatic N) is 2. The standard InChI is InChI=1S/C18H17ClN2OS/c1-2-14(15-5-8-17-18(12-15)21-23-20-17)11-13-3-6-16(7-4-13)22-10-9-19/h3-8,11-12H,2,9-10H2,1H3. The minimum absolute atomic E-state index is 0.496. The monoisotopic (exact) mass is 344 g/mol. The van der Waals surface area contributed by atoms with Crippen molar-refractivity contribution in [2.24, 2.45) is 0 Å². The molecular formula is C18H17ClN2OS. The van der Waals surface area contributed by atoms with Gasteiger partial charge < -0.3 is 4.74 Å². The number of fused-ring (bicyclic) bond motifs is 1. The first-order valence-electron chi connectivity index (χ1n) is 7.52. The highest BCUT2D eigenvalue weighted by Gasteiger charge is 2.04. The van der Waals surface area contributed by atoms with Crippen molar-refractivity contribution in [2.75, 3.05) is 12.5 Å². The van der Waals surface area contributed by atoms with Crippen molar-refractivity contribution < 1.29 is 4.74 Å². The summed E-state index contributed by atoms with van der Waals surface area (Å²) in [5.74, 6) is 1.34. The zero-order valence-corrected chi connectivity index (χ0v) is 14.4. The SMILES string of the molecule is CCC(=Cc1ccc(OCCCl)cc1)c1ccc2nsnc2c1. The minimum Gasteiger partial charge on any atom is -0.492 e. The molecule has 1 aromatic heterocycles. The van der Waals surface area contributed by atoms with E-state index in [-0.39, 0.29) is 0 Å². The maximum absolute atomic E-state index is 5.63. The summed E-state index contributed by atoms with van der Waals surface area (Å²) in [4.78, 5) is 0. The molecule has 3 rings (SSSR count). The van der Waals surface area contributed by atoms with E-state index < -0.39 is 0 Å². The van der Waals surface area contributed by atoms with Crippen LogP contribution in [0.2, 0.25) is 0 Å². The number of ether oxygens (including phenoxy) is 1. The second-order valence-electron chi connectivity index (χ2n) is 5.10. The van der Waals surface area contributed by atoms with Crippen LogP contribution in [0.3, 0.4) is 0 Å². The number of allylic oxidation sites excluding steroid dienone is 1. The van der Waals surface area contributed by atoms with Gasteiger partial charge in [-0.15, -0.1) is 11.6 Å². The Hall–Kier alpha value is -1.91. The van der Waals surface area contributed by atoms with Crippen LogP contribution < -0.4 is 4.74 Å². The molecule has 0 saturated heterocycles. The molecule has 0 aliphatic carbocycles. The summed E-state index contributed by atoms with van der Waals surface area (Å²) in [6, 6.07) is 14.3. The highest BCUT2D eigenvalue weighted by Crippen LogP contribution is 2.25. The van der Waals surface area contributed by atoms with Crippen LogP contribution in [-0.2, 0) is 0 Å². The first-order chi connectivity index (χ1) is 11.3. The lowest BCUT2D eigenvalue weighted by Gasteiger charge is -2.07. The molecule has 3 nitrogen and oxygen atoms in total. The number of halogens is 1. The van der Waals surface area contributed by atoms with Crippen molar-refractivity contribution in [3.63, 3.8) is 0 Å². The smallest absolute Gasteiger partial charge is 0.119 e. The van der Waals surface area contributed by atoms with Crippen molar-refractivity contribution in [3.8, 4) is 5.75 Å². The van der Waals surface area contributed by atoms with Gasteiger partial charge in [0.2, 0.25) is 0 Å². The summed E-state index contributed by atoms with van der Waals surface area (Å²) in [6.45, 7) is 2.69. The van der Waals surface area contributed by atoms with Crippen molar-refractivity contribution in [1.29, 1.82) is 0 Å². The molecule has 0 spiro atoms. The Bertz CT molecular complexity index is 811. The quantitative estimate of drug-likeness (QED) is 0.452. The Morgan fingerprint density at radius 1 is 1.13 bits per heavy atom. The highest BCUT2D eigenvalue weighted by atomic mass is 35.5. The molecule has 0 atom stereocenters. The number of hydrogen-bond donors (Lipinski definition) is 0. The molecule has 1 heterocycles. The zero-order chi connectivity index (χ0) is 16.1. The van der Waals surface area contributed by atoms with E-state index in [0.29, 0.717) is 12.5 Å². The molecule has 0 radical (unpaired) electrons. The molecule has 2 aromatic carbocycles. The number of aromatic nitrogens is 2. The predicted molar refractivity (Wildman–Crippen MR) is 98.2 cm³/mol. The van der Waals surface area contributed by atoms with E-state index in [9.17, 15) is 0 Å². The van der Waals surface area contributed by atoms with Crippen LogP contribution in [0.4, 0.5) is 0 Å². The van der Waals surface area contributed by atoms with Crippen molar-refractivity contribution in [1.82, 2.24) is 8.75 Å². The fourth-order valence-electron chi connectivity index (χ4n) is 2.39. The molecule has 118 valence electrons. The summed E-state index contributed by atoms with van der Waals surface area (Å²) in [5, 5.41) is 0. The van der Waals surface area contributed by atoms with Crippen LogP contribution in [0.15, 0.2) is 42.5 Å². The van der Waals surface area contributed by atoms with Crippen LogP contribution in [0.25, 0.3) is 22.7 Å². The Morgan fingerprint density at radius 3 is 2.65 bits per heavy atom. The maximum Gasteiger partial charge on any atom is 0.119 e. The fourth-order valence-corrected chi connectivity index (χ4v) is 2.98. The van der Waals surface area contributed by atoms with Gasteiger partial charge in [0.15, 0.2) is 0 Å². The van der Waals surface area contributed by atoms with Gasteiger partial charge in [-0.2, -0.15) is 8.75 Å². The van der Waals surface area contributed by atoms with Crippen LogP contribution >= 0.6 is 23.3 Å². The molecule has 3 aromatic rings. The maximum atomic E-state index is 5.63. The van der Waals surface area contributed by atoms with Gasteiger partial charge in [-0.1, -0.05) is 31.2 Å². The van der Waals surface area contributed by atoms with Crippen molar-refractivity contribution in [2.45, 2.75) is 13.3 Å². The molecule has 5 heteroatoms. The topological polar surface area (TPSA) is 35.0 Å². The van der Waals surface area contributed by atoms with Gasteiger partial charge in [0.1, 0.15) is 23.4 Å². The largest absolute Gasteiger partial charge is 0.492 e. The van der Waals surface area contributed by atoms with Gasteiger partial charge in [0, 0.05) is 0 Å². The van der Waals surface area contributed by atoms with E-state index in [4.69, 9.17) is 16.3 Å². The Morgan fingerprint density at radius 2 is 1.91 bits per heavy atom. The first kappa shape index (κ1) is 16.0. The second kappa shape index (κ2) is 7.57. The third-order valence-corrected chi connectivity index (χ3v) is 4.28. The van der Waals surface area contributed by atoms with Gasteiger partial charge in [-0.3, -0.25) is 0 Å². The number of alkyl halides is 1. The molecule has 0 fully saturated rings. The number of benzene rings is 2. The van der Waals surface area contributed by atoms with Gasteiger partial charge in [-0.05, 0) is 47.4 Å². The number of hydrogen-bond acceptors (Lipinski definition) is 4. The number of rotatable bonds is 6. The van der Waals surface area contributed by atoms with Crippen LogP contribution in [0, 0.1) is 0 Å². The lowest BCUT2D eigenvalue weighted by molar-refractivity contribution is 0.343. The summed E-state index contributed by atoms with van der Waals surface area (Å²) in [7, 11) is 0. The zero-order valence-electron chi connectivity index (χ0n) is 12.8. The minimum atomic E-state index is 0.496. The molecule has 0 unspecified atom stereocenters. The third-order valence-electron chi connectivity index (χ3n) is 3.57. The van der Waals surface area contributed by atoms with E-state index >= 15 is 0 Å². The lowest BCUT2D eigenvalue weighted by atomic mass is 10.00. The van der Waals surface area contributed by atoms with Gasteiger partial charge >= 0.3 is 0 Å². The van der Waals surface area contributed by atoms with Crippen LogP contribution in [0.5, 0.6) is 5.75 Å². The molecule has 0 amide bonds. The Kier molecular flexibility index (Phi) is 5.26. The van der Waals surface area contributed by atoms with Crippen molar-refractivity contribution >= 4 is 46.0 Å². The molecule has 0 aliphatic heterocycles. The third kappa shape index (κ3) is 3.89. The van der Waals surface area contributed by atoms with Crippen LogP contribution in [0.1, 0.15) is 24.5 Å². The molecule has 0 saturated carbocycles. The summed E-state index contributed by atoms with van der Waals surface area (Å²) >= 11 is 6.88. The van der Waals surface area contributed by atoms with Gasteiger partial charge in [-0.25, -0.2) is 0 Å². The average Bonchev–Trinajstić information content (AvgIpc) is 3.06. The van der Waals surface area contributed by atoms with Crippen molar-refractivity contribution in [3.05, 3.63) is 53.6 Å². The molecule has 0 bridgehead atoms.